The molecular weight excluding hydrogens is 226 g/mol. The number of amides is 1. The van der Waals surface area contributed by atoms with E-state index in [2.05, 4.69) is 5.32 Å². The summed E-state index contributed by atoms with van der Waals surface area (Å²) in [6.45, 7) is 0.261. The fraction of sp³-hybridized carbons (Fsp3) is 0.417. The minimum atomic E-state index is -0.712. The molecule has 0 unspecified atom stereocenters. The minimum Gasteiger partial charge on any atom is -0.329 e. The first-order valence-electron chi connectivity index (χ1n) is 5.53. The van der Waals surface area contributed by atoms with Gasteiger partial charge >= 0.3 is 0 Å². The van der Waals surface area contributed by atoms with Gasteiger partial charge in [0.2, 0.25) is 5.91 Å². The van der Waals surface area contributed by atoms with Gasteiger partial charge < -0.3 is 11.1 Å². The van der Waals surface area contributed by atoms with E-state index in [1.807, 2.05) is 0 Å². The lowest BCUT2D eigenvalue weighted by molar-refractivity contribution is -0.129. The van der Waals surface area contributed by atoms with E-state index in [4.69, 9.17) is 5.73 Å². The van der Waals surface area contributed by atoms with E-state index in [1.165, 1.54) is 0 Å². The molecule has 1 fully saturated rings. The van der Waals surface area contributed by atoms with Crippen LogP contribution in [0.3, 0.4) is 0 Å². The van der Waals surface area contributed by atoms with E-state index in [1.54, 1.807) is 0 Å². The van der Waals surface area contributed by atoms with Gasteiger partial charge in [0.15, 0.2) is 0 Å². The summed E-state index contributed by atoms with van der Waals surface area (Å²) in [6, 6.07) is 2.94. The fourth-order valence-electron chi connectivity index (χ4n) is 2.02. The quantitative estimate of drug-likeness (QED) is 0.849. The molecule has 2 rings (SSSR count). The normalized spacial score (nSPS) is 17.4. The smallest absolute Gasteiger partial charge is 0.231 e. The number of nitrogens with two attached hydrogens (primary N) is 1. The van der Waals surface area contributed by atoms with Gasteiger partial charge in [0, 0.05) is 18.3 Å². The Bertz CT molecular complexity index is 418. The van der Waals surface area contributed by atoms with E-state index in [9.17, 15) is 13.6 Å². The summed E-state index contributed by atoms with van der Waals surface area (Å²) < 4.78 is 25.9. The molecule has 0 heterocycles. The molecule has 0 aliphatic heterocycles. The third-order valence-corrected chi connectivity index (χ3v) is 3.30. The summed E-state index contributed by atoms with van der Waals surface area (Å²) in [7, 11) is 0. The zero-order valence-corrected chi connectivity index (χ0v) is 9.30. The largest absolute Gasteiger partial charge is 0.329 e. The summed E-state index contributed by atoms with van der Waals surface area (Å²) in [6.07, 6.45) is 2.42. The molecular formula is C12H14F2N2O. The van der Waals surface area contributed by atoms with Crippen molar-refractivity contribution in [2.45, 2.75) is 19.3 Å². The lowest BCUT2D eigenvalue weighted by atomic mass is 9.68. The molecule has 1 aliphatic carbocycles. The van der Waals surface area contributed by atoms with Crippen LogP contribution in [-0.2, 0) is 4.79 Å². The molecule has 1 aromatic rings. The molecule has 3 N–H and O–H groups in total. The predicted octanol–water partition coefficient (Wildman–Crippen LogP) is 2.03. The Morgan fingerprint density at radius 1 is 1.29 bits per heavy atom. The first kappa shape index (κ1) is 12.0. The Hall–Kier alpha value is -1.49. The maximum Gasteiger partial charge on any atom is 0.231 e. The molecule has 17 heavy (non-hydrogen) atoms. The van der Waals surface area contributed by atoms with Crippen LogP contribution in [0.2, 0.25) is 0 Å². The number of benzene rings is 1. The highest BCUT2D eigenvalue weighted by atomic mass is 19.1. The molecule has 0 bridgehead atoms. The number of nitrogens with one attached hydrogen (secondary N) is 1. The number of hydrogen-bond acceptors (Lipinski definition) is 2. The molecule has 1 saturated carbocycles. The van der Waals surface area contributed by atoms with Gasteiger partial charge in [0.25, 0.3) is 0 Å². The Morgan fingerprint density at radius 2 is 1.88 bits per heavy atom. The maximum absolute atomic E-state index is 12.9. The van der Waals surface area contributed by atoms with Crippen molar-refractivity contribution in [3.05, 3.63) is 29.8 Å². The third kappa shape index (κ3) is 2.29. The van der Waals surface area contributed by atoms with Gasteiger partial charge in [-0.05, 0) is 25.0 Å². The van der Waals surface area contributed by atoms with Crippen LogP contribution < -0.4 is 11.1 Å². The Kier molecular flexibility index (Phi) is 3.11. The van der Waals surface area contributed by atoms with Crippen LogP contribution in [0.5, 0.6) is 0 Å². The molecule has 0 radical (unpaired) electrons. The van der Waals surface area contributed by atoms with Gasteiger partial charge in [-0.25, -0.2) is 8.78 Å². The SMILES string of the molecule is NCC1(C(=O)Nc2cc(F)cc(F)c2)CCC1. The maximum atomic E-state index is 12.9. The van der Waals surface area contributed by atoms with Crippen molar-refractivity contribution in [1.82, 2.24) is 0 Å². The van der Waals surface area contributed by atoms with Crippen molar-refractivity contribution < 1.29 is 13.6 Å². The van der Waals surface area contributed by atoms with Crippen molar-refractivity contribution in [3.63, 3.8) is 0 Å². The van der Waals surface area contributed by atoms with E-state index in [0.29, 0.717) is 0 Å². The van der Waals surface area contributed by atoms with E-state index in [-0.39, 0.29) is 18.1 Å². The first-order valence-corrected chi connectivity index (χ1v) is 5.53. The van der Waals surface area contributed by atoms with E-state index >= 15 is 0 Å². The molecule has 0 atom stereocenters. The summed E-state index contributed by atoms with van der Waals surface area (Å²) in [4.78, 5) is 11.9. The highest BCUT2D eigenvalue weighted by molar-refractivity contribution is 5.96. The zero-order valence-electron chi connectivity index (χ0n) is 9.30. The summed E-state index contributed by atoms with van der Waals surface area (Å²) in [5.41, 5.74) is 5.15. The minimum absolute atomic E-state index is 0.132. The number of carbonyl (C=O) groups excluding carboxylic acids is 1. The highest BCUT2D eigenvalue weighted by Crippen LogP contribution is 2.40. The van der Waals surface area contributed by atoms with Crippen molar-refractivity contribution in [3.8, 4) is 0 Å². The molecule has 0 spiro atoms. The van der Waals surface area contributed by atoms with Crippen molar-refractivity contribution >= 4 is 11.6 Å². The van der Waals surface area contributed by atoms with Gasteiger partial charge in [-0.15, -0.1) is 0 Å². The number of hydrogen-bond donors (Lipinski definition) is 2. The number of anilines is 1. The highest BCUT2D eigenvalue weighted by Gasteiger charge is 2.42. The van der Waals surface area contributed by atoms with Crippen LogP contribution in [0.4, 0.5) is 14.5 Å². The molecule has 0 saturated heterocycles. The summed E-state index contributed by atoms with van der Waals surface area (Å²) in [5, 5.41) is 2.52. The topological polar surface area (TPSA) is 55.1 Å². The fourth-order valence-corrected chi connectivity index (χ4v) is 2.02. The average molecular weight is 240 g/mol. The standard InChI is InChI=1S/C12H14F2N2O/c13-8-4-9(14)6-10(5-8)16-11(17)12(7-15)2-1-3-12/h4-6H,1-3,7,15H2,(H,16,17). The Balaban J connectivity index is 2.12. The van der Waals surface area contributed by atoms with Gasteiger partial charge in [0.1, 0.15) is 11.6 Å². The van der Waals surface area contributed by atoms with Crippen LogP contribution in [0.1, 0.15) is 19.3 Å². The van der Waals surface area contributed by atoms with Crippen LogP contribution in [0, 0.1) is 17.0 Å². The number of carbonyl (C=O) groups is 1. The van der Waals surface area contributed by atoms with E-state index < -0.39 is 17.0 Å². The molecule has 92 valence electrons. The monoisotopic (exact) mass is 240 g/mol. The third-order valence-electron chi connectivity index (χ3n) is 3.30. The van der Waals surface area contributed by atoms with Crippen molar-refractivity contribution in [1.29, 1.82) is 0 Å². The van der Waals surface area contributed by atoms with Crippen LogP contribution in [0.25, 0.3) is 0 Å². The molecule has 1 aromatic carbocycles. The van der Waals surface area contributed by atoms with Crippen molar-refractivity contribution in [2.75, 3.05) is 11.9 Å². The van der Waals surface area contributed by atoms with Gasteiger partial charge in [-0.1, -0.05) is 6.42 Å². The Morgan fingerprint density at radius 3 is 2.29 bits per heavy atom. The van der Waals surface area contributed by atoms with Crippen LogP contribution >= 0.6 is 0 Å². The second kappa shape index (κ2) is 4.41. The Labute approximate surface area is 98.0 Å². The lowest BCUT2D eigenvalue weighted by Crippen LogP contribution is -2.47. The molecule has 5 heteroatoms. The van der Waals surface area contributed by atoms with Gasteiger partial charge in [-0.2, -0.15) is 0 Å². The van der Waals surface area contributed by atoms with Gasteiger partial charge in [0.05, 0.1) is 5.41 Å². The first-order chi connectivity index (χ1) is 8.05. The van der Waals surface area contributed by atoms with E-state index in [0.717, 1.165) is 37.5 Å². The average Bonchev–Trinajstić information content (AvgIpc) is 2.14. The van der Waals surface area contributed by atoms with Crippen molar-refractivity contribution in [2.24, 2.45) is 11.1 Å². The lowest BCUT2D eigenvalue weighted by Gasteiger charge is -2.39. The summed E-state index contributed by atoms with van der Waals surface area (Å²) in [5.74, 6) is -1.68. The van der Waals surface area contributed by atoms with Gasteiger partial charge in [-0.3, -0.25) is 4.79 Å². The number of rotatable bonds is 3. The molecule has 3 nitrogen and oxygen atoms in total. The summed E-state index contributed by atoms with van der Waals surface area (Å²) >= 11 is 0. The number of halogens is 2. The van der Waals surface area contributed by atoms with Crippen LogP contribution in [0.15, 0.2) is 18.2 Å². The predicted molar refractivity (Wildman–Crippen MR) is 60.3 cm³/mol. The molecule has 0 aromatic heterocycles. The molecule has 1 amide bonds. The van der Waals surface area contributed by atoms with Crippen LogP contribution in [-0.4, -0.2) is 12.5 Å². The second-order valence-corrected chi connectivity index (χ2v) is 4.45. The second-order valence-electron chi connectivity index (χ2n) is 4.45. The molecule has 1 aliphatic rings. The zero-order chi connectivity index (χ0) is 12.5.